The number of hydrogen-bond donors (Lipinski definition) is 6. The zero-order chi connectivity index (χ0) is 19.8. The summed E-state index contributed by atoms with van der Waals surface area (Å²) in [6, 6.07) is 9.18. The van der Waals surface area contributed by atoms with Gasteiger partial charge >= 0.3 is 5.63 Å². The summed E-state index contributed by atoms with van der Waals surface area (Å²) in [6.07, 6.45) is -3.56. The summed E-state index contributed by atoms with van der Waals surface area (Å²) in [7, 11) is 0. The maximum absolute atomic E-state index is 12.3. The second-order valence-electron chi connectivity index (χ2n) is 6.68. The van der Waals surface area contributed by atoms with Crippen LogP contribution in [0.4, 0.5) is 5.69 Å². The van der Waals surface area contributed by atoms with E-state index < -0.39 is 42.9 Å². The van der Waals surface area contributed by atoms with Crippen molar-refractivity contribution in [2.75, 3.05) is 11.9 Å². The van der Waals surface area contributed by atoms with E-state index in [2.05, 4.69) is 10.3 Å². The monoisotopic (exact) mass is 388 g/mol. The molecule has 4 rings (SSSR count). The SMILES string of the molecule is O=c1oc2cc(NC3[C@@H](O)OC(CO)[C@H](O)[C@H]3O)ccc2cc1-c1ccc[nH]1. The Morgan fingerprint density at radius 1 is 1.11 bits per heavy atom. The molecule has 0 aliphatic carbocycles. The van der Waals surface area contributed by atoms with Crippen LogP contribution in [0, 0.1) is 0 Å². The molecule has 2 aromatic heterocycles. The van der Waals surface area contributed by atoms with Gasteiger partial charge in [0, 0.05) is 23.3 Å². The van der Waals surface area contributed by atoms with Gasteiger partial charge in [-0.25, -0.2) is 4.79 Å². The molecule has 0 spiro atoms. The zero-order valence-corrected chi connectivity index (χ0v) is 14.6. The van der Waals surface area contributed by atoms with E-state index in [9.17, 15) is 20.1 Å². The number of benzene rings is 1. The maximum Gasteiger partial charge on any atom is 0.345 e. The molecule has 1 saturated heterocycles. The molecule has 5 atom stereocenters. The first-order chi connectivity index (χ1) is 13.5. The summed E-state index contributed by atoms with van der Waals surface area (Å²) in [5, 5.41) is 43.0. The third kappa shape index (κ3) is 3.30. The number of hydrogen-bond acceptors (Lipinski definition) is 8. The van der Waals surface area contributed by atoms with Crippen molar-refractivity contribution in [3.8, 4) is 11.3 Å². The lowest BCUT2D eigenvalue weighted by atomic mass is 9.97. The summed E-state index contributed by atoms with van der Waals surface area (Å²) in [5.74, 6) is 0. The number of rotatable bonds is 4. The number of ether oxygens (including phenoxy) is 1. The minimum Gasteiger partial charge on any atom is -0.422 e. The predicted octanol–water partition coefficient (Wildman–Crippen LogP) is -0.000100. The molecule has 0 bridgehead atoms. The van der Waals surface area contributed by atoms with E-state index in [-0.39, 0.29) is 0 Å². The molecule has 3 aromatic rings. The van der Waals surface area contributed by atoms with E-state index >= 15 is 0 Å². The molecular formula is C19H20N2O7. The van der Waals surface area contributed by atoms with Crippen molar-refractivity contribution in [3.63, 3.8) is 0 Å². The van der Waals surface area contributed by atoms with Gasteiger partial charge in [-0.2, -0.15) is 0 Å². The number of nitrogens with one attached hydrogen (secondary N) is 2. The Bertz CT molecular complexity index is 1020. The predicted molar refractivity (Wildman–Crippen MR) is 99.7 cm³/mol. The van der Waals surface area contributed by atoms with E-state index in [0.717, 1.165) is 0 Å². The first-order valence-corrected chi connectivity index (χ1v) is 8.76. The van der Waals surface area contributed by atoms with Crippen LogP contribution in [0.25, 0.3) is 22.2 Å². The average molecular weight is 388 g/mol. The minimum absolute atomic E-state index is 0.319. The minimum atomic E-state index is -1.45. The molecule has 148 valence electrons. The summed E-state index contributed by atoms with van der Waals surface area (Å²) in [5.41, 5.74) is 1.32. The Balaban J connectivity index is 1.62. The quantitative estimate of drug-likeness (QED) is 0.342. The van der Waals surface area contributed by atoms with Crippen molar-refractivity contribution in [3.05, 3.63) is 53.0 Å². The average Bonchev–Trinajstić information content (AvgIpc) is 3.22. The number of aliphatic hydroxyl groups is 4. The lowest BCUT2D eigenvalue weighted by molar-refractivity contribution is -0.245. The highest BCUT2D eigenvalue weighted by atomic mass is 16.6. The highest BCUT2D eigenvalue weighted by Gasteiger charge is 2.43. The van der Waals surface area contributed by atoms with Crippen LogP contribution in [0.2, 0.25) is 0 Å². The van der Waals surface area contributed by atoms with Crippen molar-refractivity contribution in [2.24, 2.45) is 0 Å². The Labute approximate surface area is 158 Å². The van der Waals surface area contributed by atoms with E-state index in [0.29, 0.717) is 27.9 Å². The fraction of sp³-hybridized carbons (Fsp3) is 0.316. The van der Waals surface area contributed by atoms with Crippen LogP contribution in [0.1, 0.15) is 0 Å². The van der Waals surface area contributed by atoms with Gasteiger partial charge < -0.3 is 39.9 Å². The van der Waals surface area contributed by atoms with Crippen LogP contribution in [0.5, 0.6) is 0 Å². The first-order valence-electron chi connectivity index (χ1n) is 8.76. The molecule has 0 saturated carbocycles. The molecule has 6 N–H and O–H groups in total. The molecule has 9 nitrogen and oxygen atoms in total. The Morgan fingerprint density at radius 3 is 2.64 bits per heavy atom. The van der Waals surface area contributed by atoms with E-state index in [1.54, 1.807) is 42.6 Å². The Kier molecular flexibility index (Phi) is 4.92. The molecule has 1 aliphatic heterocycles. The highest BCUT2D eigenvalue weighted by molar-refractivity contribution is 5.83. The number of H-pyrrole nitrogens is 1. The van der Waals surface area contributed by atoms with Gasteiger partial charge in [-0.1, -0.05) is 0 Å². The number of fused-ring (bicyclic) bond motifs is 1. The summed E-state index contributed by atoms with van der Waals surface area (Å²) in [4.78, 5) is 15.2. The standard InChI is InChI=1S/C19H20N2O7/c22-8-14-16(23)17(24)15(19(26)28-14)21-10-4-3-9-6-11(12-2-1-5-20-12)18(25)27-13(9)7-10/h1-7,14-17,19-24,26H,8H2/t14?,15?,16-,17-,19-/m0/s1. The van der Waals surface area contributed by atoms with Crippen LogP contribution in [0.3, 0.4) is 0 Å². The van der Waals surface area contributed by atoms with Crippen LogP contribution in [-0.4, -0.2) is 62.7 Å². The highest BCUT2D eigenvalue weighted by Crippen LogP contribution is 2.26. The third-order valence-corrected chi connectivity index (χ3v) is 4.86. The first kappa shape index (κ1) is 18.7. The van der Waals surface area contributed by atoms with Gasteiger partial charge in [-0.15, -0.1) is 0 Å². The van der Waals surface area contributed by atoms with Gasteiger partial charge in [0.15, 0.2) is 6.29 Å². The lowest BCUT2D eigenvalue weighted by Crippen LogP contribution is -2.61. The molecule has 0 radical (unpaired) electrons. The topological polar surface area (TPSA) is 148 Å². The van der Waals surface area contributed by atoms with E-state index in [1.165, 1.54) is 0 Å². The number of aromatic amines is 1. The van der Waals surface area contributed by atoms with Crippen LogP contribution < -0.4 is 10.9 Å². The molecule has 9 heteroatoms. The van der Waals surface area contributed by atoms with Crippen molar-refractivity contribution < 1.29 is 29.6 Å². The molecule has 1 aromatic carbocycles. The molecule has 0 amide bonds. The van der Waals surface area contributed by atoms with Gasteiger partial charge in [0.05, 0.1) is 17.9 Å². The normalized spacial score (nSPS) is 27.8. The Hall–Kier alpha value is -2.69. The van der Waals surface area contributed by atoms with Crippen LogP contribution in [-0.2, 0) is 4.74 Å². The zero-order valence-electron chi connectivity index (χ0n) is 14.6. The van der Waals surface area contributed by atoms with Crippen LogP contribution >= 0.6 is 0 Å². The molecule has 1 fully saturated rings. The lowest BCUT2D eigenvalue weighted by Gasteiger charge is -2.40. The summed E-state index contributed by atoms with van der Waals surface area (Å²) < 4.78 is 10.5. The van der Waals surface area contributed by atoms with Gasteiger partial charge in [0.2, 0.25) is 0 Å². The Morgan fingerprint density at radius 2 is 1.93 bits per heavy atom. The van der Waals surface area contributed by atoms with Crippen molar-refractivity contribution >= 4 is 16.7 Å². The van der Waals surface area contributed by atoms with Crippen molar-refractivity contribution in [1.29, 1.82) is 0 Å². The number of anilines is 1. The maximum atomic E-state index is 12.3. The fourth-order valence-electron chi connectivity index (χ4n) is 3.33. The summed E-state index contributed by atoms with van der Waals surface area (Å²) >= 11 is 0. The third-order valence-electron chi connectivity index (χ3n) is 4.86. The van der Waals surface area contributed by atoms with Crippen molar-refractivity contribution in [1.82, 2.24) is 4.98 Å². The second-order valence-corrected chi connectivity index (χ2v) is 6.68. The number of aliphatic hydroxyl groups excluding tert-OH is 4. The molecule has 28 heavy (non-hydrogen) atoms. The van der Waals surface area contributed by atoms with Gasteiger partial charge in [-0.3, -0.25) is 0 Å². The van der Waals surface area contributed by atoms with Gasteiger partial charge in [0.1, 0.15) is 29.9 Å². The van der Waals surface area contributed by atoms with E-state index in [1.807, 2.05) is 0 Å². The van der Waals surface area contributed by atoms with Gasteiger partial charge in [0.25, 0.3) is 0 Å². The molecule has 2 unspecified atom stereocenters. The molecule has 3 heterocycles. The van der Waals surface area contributed by atoms with E-state index in [4.69, 9.17) is 14.3 Å². The largest absolute Gasteiger partial charge is 0.422 e. The van der Waals surface area contributed by atoms with Crippen molar-refractivity contribution in [2.45, 2.75) is 30.6 Å². The smallest absolute Gasteiger partial charge is 0.345 e. The number of aromatic nitrogens is 1. The second kappa shape index (κ2) is 7.38. The fourth-order valence-corrected chi connectivity index (χ4v) is 3.33. The van der Waals surface area contributed by atoms with Gasteiger partial charge in [-0.05, 0) is 30.3 Å². The molecular weight excluding hydrogens is 368 g/mol. The van der Waals surface area contributed by atoms with Crippen LogP contribution in [0.15, 0.2) is 51.8 Å². The molecule has 1 aliphatic rings. The summed E-state index contributed by atoms with van der Waals surface area (Å²) in [6.45, 7) is -0.535.